The molecule has 0 spiro atoms. The van der Waals surface area contributed by atoms with Crippen LogP contribution in [0.3, 0.4) is 0 Å². The van der Waals surface area contributed by atoms with Crippen LogP contribution < -0.4 is 5.32 Å². The average molecular weight is 304 g/mol. The van der Waals surface area contributed by atoms with Gasteiger partial charge in [0.2, 0.25) is 0 Å². The van der Waals surface area contributed by atoms with E-state index in [1.807, 2.05) is 0 Å². The average Bonchev–Trinajstić information content (AvgIpc) is 2.44. The highest BCUT2D eigenvalue weighted by Gasteiger charge is 2.20. The van der Waals surface area contributed by atoms with Gasteiger partial charge in [-0.3, -0.25) is 4.79 Å². The summed E-state index contributed by atoms with van der Waals surface area (Å²) in [6, 6.07) is 6.86. The first-order valence-corrected chi connectivity index (χ1v) is 7.09. The fourth-order valence-electron chi connectivity index (χ4n) is 2.07. The van der Waals surface area contributed by atoms with Gasteiger partial charge in [0.05, 0.1) is 5.69 Å². The molecule has 4 nitrogen and oxygen atoms in total. The van der Waals surface area contributed by atoms with Gasteiger partial charge < -0.3 is 5.32 Å². The normalized spacial score (nSPS) is 11.2. The monoisotopic (exact) mass is 303 g/mol. The number of rotatable bonds is 3. The molecule has 0 aliphatic heterocycles. The van der Waals surface area contributed by atoms with E-state index in [0.717, 1.165) is 11.3 Å². The molecule has 0 saturated carbocycles. The number of nitrogens with one attached hydrogen (secondary N) is 1. The number of aromatic nitrogens is 2. The van der Waals surface area contributed by atoms with Gasteiger partial charge in [-0.15, -0.1) is 0 Å². The molecule has 0 aliphatic rings. The largest absolute Gasteiger partial charge is 0.348 e. The smallest absolute Gasteiger partial charge is 0.251 e. The Bertz CT molecular complexity index is 650. The molecule has 110 valence electrons. The van der Waals surface area contributed by atoms with Gasteiger partial charge in [-0.2, -0.15) is 0 Å². The van der Waals surface area contributed by atoms with Crippen LogP contribution >= 0.6 is 11.6 Å². The van der Waals surface area contributed by atoms with Crippen LogP contribution in [0.1, 0.15) is 42.4 Å². The van der Waals surface area contributed by atoms with E-state index in [2.05, 4.69) is 36.1 Å². The van der Waals surface area contributed by atoms with Gasteiger partial charge in [0.15, 0.2) is 0 Å². The Hall–Kier alpha value is -1.94. The zero-order valence-electron chi connectivity index (χ0n) is 12.4. The predicted octanol–water partition coefficient (Wildman–Crippen LogP) is 3.36. The van der Waals surface area contributed by atoms with E-state index >= 15 is 0 Å². The molecule has 1 aromatic carbocycles. The van der Waals surface area contributed by atoms with Gasteiger partial charge in [-0.05, 0) is 18.2 Å². The molecule has 1 heterocycles. The third-order valence-corrected chi connectivity index (χ3v) is 3.26. The molecular weight excluding hydrogens is 286 g/mol. The highest BCUT2D eigenvalue weighted by Crippen LogP contribution is 2.22. The van der Waals surface area contributed by atoms with Gasteiger partial charge in [0.25, 0.3) is 5.91 Å². The first kappa shape index (κ1) is 15.4. The van der Waals surface area contributed by atoms with Crippen molar-refractivity contribution in [1.82, 2.24) is 15.3 Å². The SMILES string of the molecule is CC(C)(C)c1ncncc1CNC(=O)c1cccc(Cl)c1. The van der Waals surface area contributed by atoms with Crippen LogP contribution in [0.4, 0.5) is 0 Å². The van der Waals surface area contributed by atoms with Crippen LogP contribution in [0.15, 0.2) is 36.8 Å². The molecule has 2 aromatic rings. The van der Waals surface area contributed by atoms with Crippen LogP contribution in [-0.2, 0) is 12.0 Å². The summed E-state index contributed by atoms with van der Waals surface area (Å²) in [6.07, 6.45) is 3.27. The molecule has 1 amide bonds. The zero-order valence-corrected chi connectivity index (χ0v) is 13.1. The molecule has 0 bridgehead atoms. The van der Waals surface area contributed by atoms with Gasteiger partial charge in [0.1, 0.15) is 6.33 Å². The summed E-state index contributed by atoms with van der Waals surface area (Å²) < 4.78 is 0. The molecule has 0 aliphatic carbocycles. The van der Waals surface area contributed by atoms with Crippen LogP contribution in [0.25, 0.3) is 0 Å². The van der Waals surface area contributed by atoms with Crippen molar-refractivity contribution in [3.63, 3.8) is 0 Å². The Morgan fingerprint density at radius 1 is 1.33 bits per heavy atom. The van der Waals surface area contributed by atoms with E-state index in [1.165, 1.54) is 6.33 Å². The minimum atomic E-state index is -0.166. The second-order valence-corrected chi connectivity index (χ2v) is 6.28. The second kappa shape index (κ2) is 6.22. The van der Waals surface area contributed by atoms with Crippen molar-refractivity contribution in [2.45, 2.75) is 32.7 Å². The van der Waals surface area contributed by atoms with Gasteiger partial charge in [-0.25, -0.2) is 9.97 Å². The number of hydrogen-bond acceptors (Lipinski definition) is 3. The number of benzene rings is 1. The highest BCUT2D eigenvalue weighted by atomic mass is 35.5. The molecule has 0 saturated heterocycles. The van der Waals surface area contributed by atoms with Crippen LogP contribution in [0, 0.1) is 0 Å². The maximum atomic E-state index is 12.1. The zero-order chi connectivity index (χ0) is 15.5. The predicted molar refractivity (Wildman–Crippen MR) is 83.4 cm³/mol. The standard InChI is InChI=1S/C16H18ClN3O/c1-16(2,3)14-12(8-18-10-20-14)9-19-15(21)11-5-4-6-13(17)7-11/h4-8,10H,9H2,1-3H3,(H,19,21). The topological polar surface area (TPSA) is 54.9 Å². The summed E-state index contributed by atoms with van der Waals surface area (Å²) in [4.78, 5) is 20.5. The highest BCUT2D eigenvalue weighted by molar-refractivity contribution is 6.30. The number of carbonyl (C=O) groups is 1. The number of carbonyl (C=O) groups excluding carboxylic acids is 1. The molecular formula is C16H18ClN3O. The lowest BCUT2D eigenvalue weighted by atomic mass is 9.89. The van der Waals surface area contributed by atoms with E-state index in [-0.39, 0.29) is 11.3 Å². The lowest BCUT2D eigenvalue weighted by molar-refractivity contribution is 0.0950. The Morgan fingerprint density at radius 2 is 2.10 bits per heavy atom. The molecule has 0 atom stereocenters. The quantitative estimate of drug-likeness (QED) is 0.946. The summed E-state index contributed by atoms with van der Waals surface area (Å²) in [7, 11) is 0. The molecule has 1 aromatic heterocycles. The first-order valence-electron chi connectivity index (χ1n) is 6.71. The number of amides is 1. The van der Waals surface area contributed by atoms with Crippen LogP contribution in [0.2, 0.25) is 5.02 Å². The Labute approximate surface area is 129 Å². The summed E-state index contributed by atoms with van der Waals surface area (Å²) in [5.41, 5.74) is 2.29. The molecule has 0 fully saturated rings. The summed E-state index contributed by atoms with van der Waals surface area (Å²) in [6.45, 7) is 6.63. The van der Waals surface area contributed by atoms with Crippen LogP contribution in [0.5, 0.6) is 0 Å². The molecule has 2 rings (SSSR count). The van der Waals surface area contributed by atoms with Crippen molar-refractivity contribution in [2.75, 3.05) is 0 Å². The summed E-state index contributed by atoms with van der Waals surface area (Å²) >= 11 is 5.89. The van der Waals surface area contributed by atoms with Gasteiger partial charge >= 0.3 is 0 Å². The Kier molecular flexibility index (Phi) is 4.58. The minimum Gasteiger partial charge on any atom is -0.348 e. The van der Waals surface area contributed by atoms with E-state index < -0.39 is 0 Å². The lowest BCUT2D eigenvalue weighted by Crippen LogP contribution is -2.26. The second-order valence-electron chi connectivity index (χ2n) is 5.84. The van der Waals surface area contributed by atoms with Crippen molar-refractivity contribution in [3.05, 3.63) is 58.6 Å². The molecule has 21 heavy (non-hydrogen) atoms. The minimum absolute atomic E-state index is 0.0982. The van der Waals surface area contributed by atoms with Crippen molar-refractivity contribution in [1.29, 1.82) is 0 Å². The number of hydrogen-bond donors (Lipinski definition) is 1. The maximum Gasteiger partial charge on any atom is 0.251 e. The molecule has 1 N–H and O–H groups in total. The summed E-state index contributed by atoms with van der Waals surface area (Å²) in [5, 5.41) is 3.42. The van der Waals surface area contributed by atoms with Gasteiger partial charge in [0, 0.05) is 34.3 Å². The maximum absolute atomic E-state index is 12.1. The number of halogens is 1. The number of nitrogens with zero attached hydrogens (tertiary/aromatic N) is 2. The van der Waals surface area contributed by atoms with Crippen molar-refractivity contribution in [3.8, 4) is 0 Å². The third-order valence-electron chi connectivity index (χ3n) is 3.02. The molecule has 0 radical (unpaired) electrons. The van der Waals surface area contributed by atoms with E-state index in [0.29, 0.717) is 17.1 Å². The lowest BCUT2D eigenvalue weighted by Gasteiger charge is -2.21. The van der Waals surface area contributed by atoms with E-state index in [1.54, 1.807) is 30.5 Å². The summed E-state index contributed by atoms with van der Waals surface area (Å²) in [5.74, 6) is -0.166. The Balaban J connectivity index is 2.12. The van der Waals surface area contributed by atoms with Crippen molar-refractivity contribution < 1.29 is 4.79 Å². The van der Waals surface area contributed by atoms with Crippen molar-refractivity contribution >= 4 is 17.5 Å². The fourth-order valence-corrected chi connectivity index (χ4v) is 2.26. The van der Waals surface area contributed by atoms with Crippen molar-refractivity contribution in [2.24, 2.45) is 0 Å². The Morgan fingerprint density at radius 3 is 2.76 bits per heavy atom. The van der Waals surface area contributed by atoms with Gasteiger partial charge in [-0.1, -0.05) is 38.4 Å². The van der Waals surface area contributed by atoms with E-state index in [4.69, 9.17) is 11.6 Å². The van der Waals surface area contributed by atoms with E-state index in [9.17, 15) is 4.79 Å². The molecule has 0 unspecified atom stereocenters. The van der Waals surface area contributed by atoms with Crippen LogP contribution in [-0.4, -0.2) is 15.9 Å². The fraction of sp³-hybridized carbons (Fsp3) is 0.312. The third kappa shape index (κ3) is 4.02. The molecule has 5 heteroatoms. The first-order chi connectivity index (χ1) is 9.88.